The molecular weight excluding hydrogens is 373 g/mol. The first-order chi connectivity index (χ1) is 13.2. The molecule has 3 rings (SSSR count). The van der Waals surface area contributed by atoms with Crippen molar-refractivity contribution in [3.63, 3.8) is 0 Å². The highest BCUT2D eigenvalue weighted by Gasteiger charge is 2.32. The van der Waals surface area contributed by atoms with Crippen LogP contribution in [0.5, 0.6) is 17.2 Å². The van der Waals surface area contributed by atoms with Crippen LogP contribution in [-0.4, -0.2) is 22.4 Å². The van der Waals surface area contributed by atoms with Crippen molar-refractivity contribution >= 4 is 5.84 Å². The third kappa shape index (κ3) is 3.85. The third-order valence-corrected chi connectivity index (χ3v) is 4.00. The third-order valence-electron chi connectivity index (χ3n) is 4.00. The Bertz CT molecular complexity index is 1030. The largest absolute Gasteiger partial charge is 0.573 e. The van der Waals surface area contributed by atoms with Gasteiger partial charge in [-0.2, -0.15) is 0 Å². The van der Waals surface area contributed by atoms with Crippen LogP contribution in [-0.2, 0) is 0 Å². The van der Waals surface area contributed by atoms with Crippen molar-refractivity contribution in [2.75, 3.05) is 0 Å². The molecule has 8 heteroatoms. The highest BCUT2D eigenvalue weighted by molar-refractivity contribution is 6.06. The number of aromatic hydroxyl groups is 2. The van der Waals surface area contributed by atoms with Crippen molar-refractivity contribution in [1.82, 2.24) is 0 Å². The van der Waals surface area contributed by atoms with Crippen LogP contribution in [0.4, 0.5) is 13.2 Å². The van der Waals surface area contributed by atoms with Gasteiger partial charge >= 0.3 is 6.36 Å². The van der Waals surface area contributed by atoms with Gasteiger partial charge in [0.05, 0.1) is 0 Å². The SMILES string of the molecule is N=C(N)c1cc(OC(F)(F)F)cc(-c2cccc(O)c2O)c1-c1ccccc1. The maximum absolute atomic E-state index is 12.8. The number of amidine groups is 1. The molecular formula is C20H15F3N2O3. The zero-order valence-electron chi connectivity index (χ0n) is 14.3. The number of nitrogen functional groups attached to an aromatic ring is 1. The predicted octanol–water partition coefficient (Wildman–Crippen LogP) is 4.61. The van der Waals surface area contributed by atoms with Crippen molar-refractivity contribution in [3.05, 3.63) is 66.2 Å². The molecule has 3 aromatic rings. The second-order valence-electron chi connectivity index (χ2n) is 5.89. The minimum atomic E-state index is -4.96. The number of para-hydroxylation sites is 1. The molecule has 0 aliphatic rings. The Morgan fingerprint density at radius 3 is 2.21 bits per heavy atom. The quantitative estimate of drug-likeness (QED) is 0.298. The molecule has 144 valence electrons. The minimum Gasteiger partial charge on any atom is -0.504 e. The van der Waals surface area contributed by atoms with Crippen molar-refractivity contribution in [2.45, 2.75) is 6.36 Å². The number of nitrogens with two attached hydrogens (primary N) is 1. The fourth-order valence-electron chi connectivity index (χ4n) is 2.90. The average Bonchev–Trinajstić information content (AvgIpc) is 2.62. The Kier molecular flexibility index (Phi) is 4.87. The summed E-state index contributed by atoms with van der Waals surface area (Å²) < 4.78 is 42.4. The van der Waals surface area contributed by atoms with Crippen LogP contribution in [0.1, 0.15) is 5.56 Å². The molecule has 0 saturated heterocycles. The summed E-state index contributed by atoms with van der Waals surface area (Å²) in [6, 6.07) is 14.8. The molecule has 0 atom stereocenters. The highest BCUT2D eigenvalue weighted by Crippen LogP contribution is 2.44. The lowest BCUT2D eigenvalue weighted by atomic mass is 9.89. The fraction of sp³-hybridized carbons (Fsp3) is 0.0500. The van der Waals surface area contributed by atoms with Gasteiger partial charge in [0.2, 0.25) is 0 Å². The van der Waals surface area contributed by atoms with E-state index in [1.54, 1.807) is 30.3 Å². The molecule has 0 aliphatic heterocycles. The number of halogens is 3. The number of phenolic OH excluding ortho intramolecular Hbond substituents is 2. The second-order valence-corrected chi connectivity index (χ2v) is 5.89. The summed E-state index contributed by atoms with van der Waals surface area (Å²) in [5, 5.41) is 27.9. The number of hydrogen-bond acceptors (Lipinski definition) is 4. The van der Waals surface area contributed by atoms with Gasteiger partial charge in [-0.3, -0.25) is 5.41 Å². The topological polar surface area (TPSA) is 99.6 Å². The van der Waals surface area contributed by atoms with Gasteiger partial charge in [0.25, 0.3) is 0 Å². The van der Waals surface area contributed by atoms with E-state index in [0.29, 0.717) is 11.1 Å². The summed E-state index contributed by atoms with van der Waals surface area (Å²) in [5.41, 5.74) is 6.69. The second kappa shape index (κ2) is 7.15. The van der Waals surface area contributed by atoms with Crippen LogP contribution in [0.2, 0.25) is 0 Å². The first-order valence-electron chi connectivity index (χ1n) is 8.02. The standard InChI is InChI=1S/C20H15F3N2O3/c21-20(22,23)28-12-9-14(13-7-4-8-16(26)18(13)27)17(15(10-12)19(24)25)11-5-2-1-3-6-11/h1-10,26-27H,(H3,24,25). The van der Waals surface area contributed by atoms with Gasteiger partial charge in [-0.1, -0.05) is 42.5 Å². The zero-order valence-corrected chi connectivity index (χ0v) is 14.3. The Morgan fingerprint density at radius 2 is 1.61 bits per heavy atom. The van der Waals surface area contributed by atoms with Crippen LogP contribution in [0.3, 0.4) is 0 Å². The molecule has 0 radical (unpaired) electrons. The molecule has 0 saturated carbocycles. The lowest BCUT2D eigenvalue weighted by Crippen LogP contribution is -2.19. The highest BCUT2D eigenvalue weighted by atomic mass is 19.4. The summed E-state index contributed by atoms with van der Waals surface area (Å²) in [7, 11) is 0. The fourth-order valence-corrected chi connectivity index (χ4v) is 2.90. The van der Waals surface area contributed by atoms with E-state index < -0.39 is 29.4 Å². The molecule has 0 bridgehead atoms. The number of phenols is 2. The van der Waals surface area contributed by atoms with E-state index in [9.17, 15) is 23.4 Å². The van der Waals surface area contributed by atoms with E-state index in [2.05, 4.69) is 4.74 Å². The molecule has 28 heavy (non-hydrogen) atoms. The Labute approximate surface area is 157 Å². The monoisotopic (exact) mass is 388 g/mol. The number of nitrogens with one attached hydrogen (secondary N) is 1. The summed E-state index contributed by atoms with van der Waals surface area (Å²) in [6.45, 7) is 0. The summed E-state index contributed by atoms with van der Waals surface area (Å²) in [5.74, 6) is -2.04. The first-order valence-corrected chi connectivity index (χ1v) is 8.02. The number of alkyl halides is 3. The maximum Gasteiger partial charge on any atom is 0.573 e. The van der Waals surface area contributed by atoms with Crippen molar-refractivity contribution in [2.24, 2.45) is 5.73 Å². The number of rotatable bonds is 4. The molecule has 3 aromatic carbocycles. The molecule has 0 amide bonds. The molecule has 5 nitrogen and oxygen atoms in total. The van der Waals surface area contributed by atoms with Gasteiger partial charge in [0.15, 0.2) is 11.5 Å². The molecule has 0 fully saturated rings. The molecule has 0 unspecified atom stereocenters. The smallest absolute Gasteiger partial charge is 0.504 e. The van der Waals surface area contributed by atoms with Crippen molar-refractivity contribution in [3.8, 4) is 39.5 Å². The Morgan fingerprint density at radius 1 is 0.929 bits per heavy atom. The van der Waals surface area contributed by atoms with Gasteiger partial charge in [0, 0.05) is 16.7 Å². The Hall–Kier alpha value is -3.68. The van der Waals surface area contributed by atoms with Crippen molar-refractivity contribution in [1.29, 1.82) is 5.41 Å². The summed E-state index contributed by atoms with van der Waals surface area (Å²) >= 11 is 0. The molecule has 0 aliphatic carbocycles. The average molecular weight is 388 g/mol. The van der Waals surface area contributed by atoms with Gasteiger partial charge in [-0.25, -0.2) is 0 Å². The van der Waals surface area contributed by atoms with E-state index >= 15 is 0 Å². The molecule has 0 heterocycles. The molecule has 0 spiro atoms. The van der Waals surface area contributed by atoms with Crippen LogP contribution in [0.15, 0.2) is 60.7 Å². The normalized spacial score (nSPS) is 11.2. The predicted molar refractivity (Wildman–Crippen MR) is 98.3 cm³/mol. The number of hydrogen-bond donors (Lipinski definition) is 4. The zero-order chi connectivity index (χ0) is 20.5. The summed E-state index contributed by atoms with van der Waals surface area (Å²) in [6.07, 6.45) is -4.96. The number of ether oxygens (including phenoxy) is 1. The van der Waals surface area contributed by atoms with Gasteiger partial charge in [0.1, 0.15) is 11.6 Å². The van der Waals surface area contributed by atoms with E-state index in [-0.39, 0.29) is 16.7 Å². The first kappa shape index (κ1) is 19.1. The van der Waals surface area contributed by atoms with Crippen molar-refractivity contribution < 1.29 is 28.1 Å². The van der Waals surface area contributed by atoms with Gasteiger partial charge < -0.3 is 20.7 Å². The molecule has 5 N–H and O–H groups in total. The van der Waals surface area contributed by atoms with E-state index in [1.807, 2.05) is 0 Å². The summed E-state index contributed by atoms with van der Waals surface area (Å²) in [4.78, 5) is 0. The van der Waals surface area contributed by atoms with E-state index in [1.165, 1.54) is 18.2 Å². The lowest BCUT2D eigenvalue weighted by molar-refractivity contribution is -0.274. The van der Waals surface area contributed by atoms with Gasteiger partial charge in [-0.15, -0.1) is 13.2 Å². The molecule has 0 aromatic heterocycles. The minimum absolute atomic E-state index is 0.00862. The van der Waals surface area contributed by atoms with E-state index in [4.69, 9.17) is 11.1 Å². The van der Waals surface area contributed by atoms with Crippen LogP contribution in [0, 0.1) is 5.41 Å². The van der Waals surface area contributed by atoms with E-state index in [0.717, 1.165) is 12.1 Å². The maximum atomic E-state index is 12.8. The lowest BCUT2D eigenvalue weighted by Gasteiger charge is -2.19. The number of benzene rings is 3. The Balaban J connectivity index is 2.39. The van der Waals surface area contributed by atoms with Crippen LogP contribution in [0.25, 0.3) is 22.3 Å². The van der Waals surface area contributed by atoms with Gasteiger partial charge in [-0.05, 0) is 29.3 Å². The van der Waals surface area contributed by atoms with Crippen LogP contribution >= 0.6 is 0 Å². The van der Waals surface area contributed by atoms with Crippen LogP contribution < -0.4 is 10.5 Å².